The molecule has 1 aliphatic carbocycles. The van der Waals surface area contributed by atoms with Crippen molar-refractivity contribution in [3.63, 3.8) is 0 Å². The van der Waals surface area contributed by atoms with E-state index in [-0.39, 0.29) is 12.0 Å². The number of hydrogen-bond acceptors (Lipinski definition) is 11. The summed E-state index contributed by atoms with van der Waals surface area (Å²) in [5, 5.41) is 23.2. The third-order valence-electron chi connectivity index (χ3n) is 8.72. The van der Waals surface area contributed by atoms with E-state index in [1.54, 1.807) is 17.0 Å². The third-order valence-corrected chi connectivity index (χ3v) is 8.72. The average molecular weight is 583 g/mol. The minimum Gasteiger partial charge on any atom is -0.487 e. The number of rotatable bonds is 8. The number of likely N-dealkylation sites (tertiary alicyclic amines) is 1. The summed E-state index contributed by atoms with van der Waals surface area (Å²) in [4.78, 5) is 32.2. The average Bonchev–Trinajstić information content (AvgIpc) is 3.60. The minimum atomic E-state index is -1.18. The van der Waals surface area contributed by atoms with Gasteiger partial charge in [0.2, 0.25) is 5.95 Å². The monoisotopic (exact) mass is 582 g/mol. The van der Waals surface area contributed by atoms with Crippen molar-refractivity contribution in [2.24, 2.45) is 0 Å². The van der Waals surface area contributed by atoms with Gasteiger partial charge in [0.15, 0.2) is 5.82 Å². The molecule has 4 aliphatic rings. The van der Waals surface area contributed by atoms with Crippen molar-refractivity contribution < 1.29 is 19.4 Å². The van der Waals surface area contributed by atoms with E-state index in [1.807, 2.05) is 18.2 Å². The van der Waals surface area contributed by atoms with Crippen LogP contribution in [0.3, 0.4) is 0 Å². The Morgan fingerprint density at radius 3 is 2.56 bits per heavy atom. The van der Waals surface area contributed by atoms with Gasteiger partial charge in [-0.05, 0) is 55.3 Å². The van der Waals surface area contributed by atoms with Crippen LogP contribution in [0.15, 0.2) is 48.8 Å². The Hall–Kier alpha value is -4.31. The number of benzene rings is 2. The van der Waals surface area contributed by atoms with E-state index >= 15 is 0 Å². The summed E-state index contributed by atoms with van der Waals surface area (Å²) < 4.78 is 11.4. The summed E-state index contributed by atoms with van der Waals surface area (Å²) in [6.45, 7) is 6.73. The first-order chi connectivity index (χ1) is 21.0. The zero-order chi connectivity index (χ0) is 29.4. The van der Waals surface area contributed by atoms with Crippen LogP contribution < -0.4 is 15.0 Å². The maximum atomic E-state index is 12.5. The van der Waals surface area contributed by atoms with E-state index < -0.39 is 5.60 Å². The molecule has 1 atom stereocenters. The zero-order valence-electron chi connectivity index (χ0n) is 23.9. The van der Waals surface area contributed by atoms with Crippen molar-refractivity contribution in [2.45, 2.75) is 37.0 Å². The first-order valence-corrected chi connectivity index (χ1v) is 14.8. The number of nitrogens with one attached hydrogen (secondary N) is 1. The fourth-order valence-electron chi connectivity index (χ4n) is 5.83. The number of aromatic nitrogens is 3. The molecule has 12 nitrogen and oxygen atoms in total. The predicted octanol–water partition coefficient (Wildman–Crippen LogP) is 2.18. The van der Waals surface area contributed by atoms with Gasteiger partial charge in [-0.1, -0.05) is 0 Å². The van der Waals surface area contributed by atoms with Gasteiger partial charge in [-0.3, -0.25) is 9.69 Å². The van der Waals surface area contributed by atoms with Crippen LogP contribution in [0.4, 0.5) is 17.3 Å². The molecule has 1 amide bonds. The van der Waals surface area contributed by atoms with E-state index in [2.05, 4.69) is 48.3 Å². The normalized spacial score (nSPS) is 21.6. The molecule has 222 valence electrons. The fraction of sp³-hybridized carbons (Fsp3) is 0.452. The van der Waals surface area contributed by atoms with Crippen molar-refractivity contribution in [3.8, 4) is 23.2 Å². The lowest BCUT2D eigenvalue weighted by molar-refractivity contribution is -0.141. The van der Waals surface area contributed by atoms with Crippen LogP contribution >= 0.6 is 0 Å². The smallest absolute Gasteiger partial charge is 0.254 e. The number of ether oxygens (including phenoxy) is 2. The molecule has 2 aromatic carbocycles. The topological polar surface area (TPSA) is 140 Å². The Morgan fingerprint density at radius 2 is 1.86 bits per heavy atom. The van der Waals surface area contributed by atoms with Gasteiger partial charge < -0.3 is 29.7 Å². The molecule has 43 heavy (non-hydrogen) atoms. The summed E-state index contributed by atoms with van der Waals surface area (Å²) >= 11 is 0. The molecule has 1 aromatic heterocycles. The molecule has 4 heterocycles. The summed E-state index contributed by atoms with van der Waals surface area (Å²) in [5.41, 5.74) is 1.89. The van der Waals surface area contributed by atoms with Crippen molar-refractivity contribution in [1.29, 1.82) is 5.26 Å². The molecule has 0 radical (unpaired) electrons. The second kappa shape index (κ2) is 11.4. The lowest BCUT2D eigenvalue weighted by Gasteiger charge is -2.43. The number of carbonyl (C=O) groups is 1. The van der Waals surface area contributed by atoms with Crippen molar-refractivity contribution >= 4 is 23.2 Å². The highest BCUT2D eigenvalue weighted by Gasteiger charge is 2.51. The van der Waals surface area contributed by atoms with Gasteiger partial charge in [0.05, 0.1) is 31.4 Å². The number of nitriles is 1. The maximum absolute atomic E-state index is 12.5. The molecule has 3 saturated heterocycles. The van der Waals surface area contributed by atoms with Gasteiger partial charge in [-0.25, -0.2) is 9.97 Å². The molecule has 1 unspecified atom stereocenters. The SMILES string of the molecule is N#Cc1cc(-c2ncnc(Nc3ccc(N4CCN(C5COC5)CC4)cc3)n2)ccc1OC1CCN(C(=O)C2(O)CC2)C1. The Morgan fingerprint density at radius 1 is 1.07 bits per heavy atom. The molecule has 0 spiro atoms. The summed E-state index contributed by atoms with van der Waals surface area (Å²) in [6, 6.07) is 16.3. The quantitative estimate of drug-likeness (QED) is 0.404. The maximum Gasteiger partial charge on any atom is 0.254 e. The lowest BCUT2D eigenvalue weighted by Crippen LogP contribution is -2.56. The molecule has 1 saturated carbocycles. The largest absolute Gasteiger partial charge is 0.487 e. The van der Waals surface area contributed by atoms with Crippen LogP contribution in [0.2, 0.25) is 0 Å². The summed E-state index contributed by atoms with van der Waals surface area (Å²) in [7, 11) is 0. The molecule has 12 heteroatoms. The van der Waals surface area contributed by atoms with Crippen molar-refractivity contribution in [2.75, 3.05) is 62.7 Å². The molecular formula is C31H34N8O4. The van der Waals surface area contributed by atoms with E-state index in [0.717, 1.165) is 45.1 Å². The van der Waals surface area contributed by atoms with Gasteiger partial charge in [0.25, 0.3) is 5.91 Å². The van der Waals surface area contributed by atoms with Gasteiger partial charge in [0.1, 0.15) is 29.9 Å². The van der Waals surface area contributed by atoms with Crippen LogP contribution in [-0.4, -0.2) is 106 Å². The molecule has 3 aromatic rings. The van der Waals surface area contributed by atoms with Crippen molar-refractivity contribution in [3.05, 3.63) is 54.4 Å². The molecule has 3 aliphatic heterocycles. The first kappa shape index (κ1) is 27.5. The van der Waals surface area contributed by atoms with E-state index in [9.17, 15) is 15.2 Å². The second-order valence-electron chi connectivity index (χ2n) is 11.7. The molecule has 7 rings (SSSR count). The number of aliphatic hydroxyl groups is 1. The Kier molecular flexibility index (Phi) is 7.30. The zero-order valence-corrected chi connectivity index (χ0v) is 23.9. The number of piperazine rings is 1. The third kappa shape index (κ3) is 5.84. The Balaban J connectivity index is 0.973. The minimum absolute atomic E-state index is 0.224. The first-order valence-electron chi connectivity index (χ1n) is 14.8. The standard InChI is InChI=1S/C31H34N8O4/c32-16-22-15-21(1-6-27(22)43-26-7-10-39(17-26)29(40)31(41)8-9-31)28-33-20-34-30(36-28)35-23-2-4-24(5-3-23)37-11-13-38(14-12-37)25-18-42-19-25/h1-6,15,20,25-26,41H,7-14,17-19H2,(H,33,34,35,36). The molecule has 0 bridgehead atoms. The van der Waals surface area contributed by atoms with Crippen molar-refractivity contribution in [1.82, 2.24) is 24.8 Å². The van der Waals surface area contributed by atoms with E-state index in [1.165, 1.54) is 12.0 Å². The highest BCUT2D eigenvalue weighted by atomic mass is 16.5. The number of nitrogens with zero attached hydrogens (tertiary/aromatic N) is 7. The number of hydrogen-bond donors (Lipinski definition) is 2. The molecular weight excluding hydrogens is 548 g/mol. The van der Waals surface area contributed by atoms with Crippen LogP contribution in [0.1, 0.15) is 24.8 Å². The van der Waals surface area contributed by atoms with Crippen LogP contribution in [0, 0.1) is 11.3 Å². The Labute approximate surface area is 249 Å². The molecule has 4 fully saturated rings. The fourth-order valence-corrected chi connectivity index (χ4v) is 5.83. The highest BCUT2D eigenvalue weighted by molar-refractivity contribution is 5.88. The Bertz CT molecular complexity index is 1530. The van der Waals surface area contributed by atoms with Gasteiger partial charge in [0, 0.05) is 56.1 Å². The van der Waals surface area contributed by atoms with Gasteiger partial charge >= 0.3 is 0 Å². The predicted molar refractivity (Wildman–Crippen MR) is 158 cm³/mol. The van der Waals surface area contributed by atoms with Crippen LogP contribution in [0.25, 0.3) is 11.4 Å². The van der Waals surface area contributed by atoms with E-state index in [4.69, 9.17) is 9.47 Å². The van der Waals surface area contributed by atoms with Crippen LogP contribution in [-0.2, 0) is 9.53 Å². The number of amides is 1. The lowest BCUT2D eigenvalue weighted by atomic mass is 10.1. The summed E-state index contributed by atoms with van der Waals surface area (Å²) in [5.74, 6) is 1.06. The van der Waals surface area contributed by atoms with Gasteiger partial charge in [-0.2, -0.15) is 10.2 Å². The summed E-state index contributed by atoms with van der Waals surface area (Å²) in [6.07, 6.45) is 2.88. The number of carbonyl (C=O) groups excluding carboxylic acids is 1. The molecule has 2 N–H and O–H groups in total. The van der Waals surface area contributed by atoms with Gasteiger partial charge in [-0.15, -0.1) is 0 Å². The van der Waals surface area contributed by atoms with E-state index in [0.29, 0.717) is 67.0 Å². The highest BCUT2D eigenvalue weighted by Crippen LogP contribution is 2.38. The second-order valence-corrected chi connectivity index (χ2v) is 11.7. The number of anilines is 3. The van der Waals surface area contributed by atoms with Crippen LogP contribution in [0.5, 0.6) is 5.75 Å².